The number of carbonyl (C=O) groups is 3. The summed E-state index contributed by atoms with van der Waals surface area (Å²) in [6, 6.07) is -2.67. The SMILES string of the molecule is NC(=O)NC(O)(NC(N)=O)C(=O)O. The molecule has 0 unspecified atom stereocenters. The summed E-state index contributed by atoms with van der Waals surface area (Å²) in [5.41, 5.74) is 9.05. The first-order chi connectivity index (χ1) is 5.78. The van der Waals surface area contributed by atoms with Gasteiger partial charge >= 0.3 is 23.9 Å². The van der Waals surface area contributed by atoms with Crippen LogP contribution in [0.4, 0.5) is 9.59 Å². The Labute approximate surface area is 71.7 Å². The van der Waals surface area contributed by atoms with Crippen LogP contribution in [0.25, 0.3) is 0 Å². The van der Waals surface area contributed by atoms with Gasteiger partial charge in [0.1, 0.15) is 0 Å². The number of hydrogen-bond donors (Lipinski definition) is 6. The van der Waals surface area contributed by atoms with E-state index in [0.29, 0.717) is 0 Å². The summed E-state index contributed by atoms with van der Waals surface area (Å²) < 4.78 is 0. The second-order valence-corrected chi connectivity index (χ2v) is 1.99. The van der Waals surface area contributed by atoms with Gasteiger partial charge in [-0.2, -0.15) is 0 Å². The Hall–Kier alpha value is -2.03. The van der Waals surface area contributed by atoms with Crippen LogP contribution >= 0.6 is 0 Å². The van der Waals surface area contributed by atoms with E-state index in [0.717, 1.165) is 0 Å². The van der Waals surface area contributed by atoms with Crippen molar-refractivity contribution in [1.82, 2.24) is 10.6 Å². The molecular formula is C4H8N4O5. The molecule has 0 saturated carbocycles. The Morgan fingerprint density at radius 2 is 1.38 bits per heavy atom. The van der Waals surface area contributed by atoms with Gasteiger partial charge in [-0.1, -0.05) is 0 Å². The zero-order valence-corrected chi connectivity index (χ0v) is 6.27. The molecule has 0 radical (unpaired) electrons. The van der Waals surface area contributed by atoms with E-state index in [2.05, 4.69) is 11.5 Å². The molecule has 13 heavy (non-hydrogen) atoms. The van der Waals surface area contributed by atoms with Gasteiger partial charge in [0.2, 0.25) is 0 Å². The lowest BCUT2D eigenvalue weighted by molar-refractivity contribution is -0.163. The Morgan fingerprint density at radius 1 is 1.08 bits per heavy atom. The zero-order chi connectivity index (χ0) is 10.6. The predicted octanol–water partition coefficient (Wildman–Crippen LogP) is -2.95. The minimum Gasteiger partial charge on any atom is -0.476 e. The Kier molecular flexibility index (Phi) is 3.02. The third-order valence-corrected chi connectivity index (χ3v) is 0.918. The van der Waals surface area contributed by atoms with Crippen LogP contribution in [0.15, 0.2) is 0 Å². The fourth-order valence-corrected chi connectivity index (χ4v) is 0.495. The van der Waals surface area contributed by atoms with Crippen molar-refractivity contribution in [2.75, 3.05) is 0 Å². The van der Waals surface area contributed by atoms with E-state index >= 15 is 0 Å². The smallest absolute Gasteiger partial charge is 0.380 e. The molecule has 8 N–H and O–H groups in total. The molecule has 0 aromatic carbocycles. The number of rotatable bonds is 3. The largest absolute Gasteiger partial charge is 0.476 e. The van der Waals surface area contributed by atoms with E-state index in [-0.39, 0.29) is 0 Å². The predicted molar refractivity (Wildman–Crippen MR) is 38.0 cm³/mol. The maximum Gasteiger partial charge on any atom is 0.380 e. The van der Waals surface area contributed by atoms with Crippen molar-refractivity contribution >= 4 is 18.0 Å². The van der Waals surface area contributed by atoms with E-state index in [1.54, 1.807) is 0 Å². The molecular weight excluding hydrogens is 184 g/mol. The van der Waals surface area contributed by atoms with Crippen molar-refractivity contribution < 1.29 is 24.6 Å². The Balaban J connectivity index is 4.62. The summed E-state index contributed by atoms with van der Waals surface area (Å²) in [6.07, 6.45) is 0. The van der Waals surface area contributed by atoms with Gasteiger partial charge in [0.15, 0.2) is 0 Å². The van der Waals surface area contributed by atoms with Gasteiger partial charge in [-0.15, -0.1) is 0 Å². The number of aliphatic carboxylic acids is 1. The molecule has 0 rings (SSSR count). The molecule has 0 aromatic heterocycles. The second-order valence-electron chi connectivity index (χ2n) is 1.99. The van der Waals surface area contributed by atoms with Crippen LogP contribution in [0.2, 0.25) is 0 Å². The highest BCUT2D eigenvalue weighted by Crippen LogP contribution is 1.93. The lowest BCUT2D eigenvalue weighted by atomic mass is 10.4. The number of hydrogen-bond acceptors (Lipinski definition) is 4. The summed E-state index contributed by atoms with van der Waals surface area (Å²) in [4.78, 5) is 30.7. The van der Waals surface area contributed by atoms with Crippen LogP contribution in [0.1, 0.15) is 0 Å². The summed E-state index contributed by atoms with van der Waals surface area (Å²) in [5.74, 6) is -4.91. The lowest BCUT2D eigenvalue weighted by Gasteiger charge is -2.22. The van der Waals surface area contributed by atoms with Gasteiger partial charge in [-0.05, 0) is 0 Å². The van der Waals surface area contributed by atoms with Crippen LogP contribution in [-0.4, -0.2) is 34.1 Å². The van der Waals surface area contributed by atoms with Gasteiger partial charge in [-0.3, -0.25) is 10.6 Å². The number of primary amides is 2. The van der Waals surface area contributed by atoms with Crippen LogP contribution < -0.4 is 22.1 Å². The van der Waals surface area contributed by atoms with Crippen LogP contribution in [0.5, 0.6) is 0 Å². The molecule has 0 aliphatic heterocycles. The molecule has 4 amide bonds. The van der Waals surface area contributed by atoms with E-state index in [1.807, 2.05) is 0 Å². The fourth-order valence-electron chi connectivity index (χ4n) is 0.495. The Bertz CT molecular complexity index is 235. The van der Waals surface area contributed by atoms with E-state index < -0.39 is 23.9 Å². The molecule has 0 aliphatic rings. The molecule has 0 aliphatic carbocycles. The standard InChI is InChI=1S/C4H8N4O5/c5-2(11)7-4(13,1(9)10)8-3(6)12/h13H,(H,9,10)(H3,5,7,11)(H3,6,8,12). The average Bonchev–Trinajstić information content (AvgIpc) is 1.82. The summed E-state index contributed by atoms with van der Waals surface area (Å²) in [6.45, 7) is 0. The number of carboxylic acids is 1. The molecule has 0 aromatic rings. The highest BCUT2D eigenvalue weighted by molar-refractivity contribution is 5.87. The Morgan fingerprint density at radius 3 is 1.54 bits per heavy atom. The third kappa shape index (κ3) is 3.25. The normalized spacial score (nSPS) is 10.2. The van der Waals surface area contributed by atoms with E-state index in [4.69, 9.17) is 10.2 Å². The first kappa shape index (κ1) is 11.0. The van der Waals surface area contributed by atoms with Crippen LogP contribution in [-0.2, 0) is 4.79 Å². The number of carbonyl (C=O) groups excluding carboxylic acids is 2. The van der Waals surface area contributed by atoms with Crippen molar-refractivity contribution in [2.45, 2.75) is 5.85 Å². The van der Waals surface area contributed by atoms with Crippen molar-refractivity contribution in [3.63, 3.8) is 0 Å². The highest BCUT2D eigenvalue weighted by atomic mass is 16.4. The van der Waals surface area contributed by atoms with Gasteiger partial charge in [-0.25, -0.2) is 14.4 Å². The number of carboxylic acid groups (broad SMARTS) is 1. The topological polar surface area (TPSA) is 168 Å². The molecule has 0 spiro atoms. The van der Waals surface area contributed by atoms with Gasteiger partial charge in [0.05, 0.1) is 0 Å². The van der Waals surface area contributed by atoms with Crippen LogP contribution in [0.3, 0.4) is 0 Å². The van der Waals surface area contributed by atoms with Crippen molar-refractivity contribution in [3.05, 3.63) is 0 Å². The fraction of sp³-hybridized carbons (Fsp3) is 0.250. The maximum absolute atomic E-state index is 10.3. The number of amides is 4. The average molecular weight is 192 g/mol. The van der Waals surface area contributed by atoms with E-state index in [9.17, 15) is 14.4 Å². The quantitative estimate of drug-likeness (QED) is 0.262. The molecule has 0 heterocycles. The molecule has 0 bridgehead atoms. The maximum atomic E-state index is 10.3. The third-order valence-electron chi connectivity index (χ3n) is 0.918. The first-order valence-corrected chi connectivity index (χ1v) is 2.89. The molecule has 9 nitrogen and oxygen atoms in total. The van der Waals surface area contributed by atoms with Gasteiger partial charge in [0.25, 0.3) is 0 Å². The summed E-state index contributed by atoms with van der Waals surface area (Å²) >= 11 is 0. The molecule has 0 fully saturated rings. The highest BCUT2D eigenvalue weighted by Gasteiger charge is 2.38. The first-order valence-electron chi connectivity index (χ1n) is 2.89. The lowest BCUT2D eigenvalue weighted by Crippen LogP contribution is -2.67. The number of nitrogens with one attached hydrogen (secondary N) is 2. The summed E-state index contributed by atoms with van der Waals surface area (Å²) in [5, 5.41) is 20.1. The second kappa shape index (κ2) is 3.58. The van der Waals surface area contributed by atoms with E-state index in [1.165, 1.54) is 10.6 Å². The molecule has 9 heteroatoms. The summed E-state index contributed by atoms with van der Waals surface area (Å²) in [7, 11) is 0. The molecule has 0 atom stereocenters. The van der Waals surface area contributed by atoms with Gasteiger partial charge in [0, 0.05) is 0 Å². The van der Waals surface area contributed by atoms with Crippen molar-refractivity contribution in [1.29, 1.82) is 0 Å². The van der Waals surface area contributed by atoms with Gasteiger partial charge < -0.3 is 21.7 Å². The zero-order valence-electron chi connectivity index (χ0n) is 6.27. The minimum absolute atomic E-state index is 1.33. The molecule has 74 valence electrons. The molecule has 0 saturated heterocycles. The van der Waals surface area contributed by atoms with Crippen LogP contribution in [0, 0.1) is 0 Å². The number of aliphatic hydroxyl groups is 1. The minimum atomic E-state index is -2.99. The monoisotopic (exact) mass is 192 g/mol. The number of urea groups is 2. The van der Waals surface area contributed by atoms with Crippen molar-refractivity contribution in [3.8, 4) is 0 Å². The van der Waals surface area contributed by atoms with Crippen molar-refractivity contribution in [2.24, 2.45) is 11.5 Å². The number of nitrogens with two attached hydrogens (primary N) is 2.